The molecule has 18 heavy (non-hydrogen) atoms. The fourth-order valence-electron chi connectivity index (χ4n) is 1.47. The van der Waals surface area contributed by atoms with E-state index in [1.54, 1.807) is 17.0 Å². The zero-order valence-electron chi connectivity index (χ0n) is 10.5. The molecule has 0 aliphatic carbocycles. The monoisotopic (exact) mass is 251 g/mol. The van der Waals surface area contributed by atoms with Crippen molar-refractivity contribution in [3.05, 3.63) is 24.0 Å². The molecule has 6 nitrogen and oxygen atoms in total. The minimum absolute atomic E-state index is 0.121. The summed E-state index contributed by atoms with van der Waals surface area (Å²) in [6, 6.07) is 3.05. The smallest absolute Gasteiger partial charge is 0.321 e. The van der Waals surface area contributed by atoms with Gasteiger partial charge in [0.05, 0.1) is 24.0 Å². The minimum atomic E-state index is -0.928. The van der Waals surface area contributed by atoms with Crippen molar-refractivity contribution in [2.24, 2.45) is 0 Å². The molecule has 1 heterocycles. The normalized spacial score (nSPS) is 9.89. The number of rotatable bonds is 5. The first-order valence-electron chi connectivity index (χ1n) is 5.79. The number of nitrogens with one attached hydrogen (secondary N) is 1. The van der Waals surface area contributed by atoms with Crippen molar-refractivity contribution in [3.63, 3.8) is 0 Å². The molecule has 1 aromatic heterocycles. The quantitative estimate of drug-likeness (QED) is 0.832. The molecular formula is C12H17N3O3. The number of anilines is 1. The van der Waals surface area contributed by atoms with Gasteiger partial charge in [0, 0.05) is 13.1 Å². The van der Waals surface area contributed by atoms with Crippen LogP contribution in [0.5, 0.6) is 0 Å². The summed E-state index contributed by atoms with van der Waals surface area (Å²) in [6.45, 7) is 5.06. The highest BCUT2D eigenvalue weighted by atomic mass is 16.4. The summed E-state index contributed by atoms with van der Waals surface area (Å²) in [5, 5.41) is 11.3. The van der Waals surface area contributed by atoms with Crippen LogP contribution < -0.4 is 5.32 Å². The van der Waals surface area contributed by atoms with Gasteiger partial charge >= 0.3 is 12.0 Å². The van der Waals surface area contributed by atoms with E-state index < -0.39 is 5.97 Å². The second kappa shape index (κ2) is 6.58. The lowest BCUT2D eigenvalue weighted by molar-refractivity contribution is -0.136. The molecule has 1 aromatic rings. The molecule has 0 atom stereocenters. The number of amides is 2. The Hall–Kier alpha value is -2.11. The van der Waals surface area contributed by atoms with Crippen LogP contribution >= 0.6 is 0 Å². The predicted octanol–water partition coefficient (Wildman–Crippen LogP) is 1.58. The fourth-order valence-corrected chi connectivity index (χ4v) is 1.47. The molecule has 0 bridgehead atoms. The number of carbonyl (C=O) groups excluding carboxylic acids is 1. The highest BCUT2D eigenvalue weighted by Crippen LogP contribution is 2.08. The summed E-state index contributed by atoms with van der Waals surface area (Å²) in [6.07, 6.45) is 1.34. The van der Waals surface area contributed by atoms with Crippen LogP contribution in [-0.4, -0.2) is 40.1 Å². The fraction of sp³-hybridized carbons (Fsp3) is 0.417. The maximum Gasteiger partial charge on any atom is 0.321 e. The zero-order chi connectivity index (χ0) is 13.5. The molecule has 2 amide bonds. The van der Waals surface area contributed by atoms with Crippen LogP contribution in [-0.2, 0) is 11.2 Å². The highest BCUT2D eigenvalue weighted by molar-refractivity contribution is 5.89. The Morgan fingerprint density at radius 1 is 1.33 bits per heavy atom. The van der Waals surface area contributed by atoms with Crippen LogP contribution in [0.4, 0.5) is 10.5 Å². The van der Waals surface area contributed by atoms with Crippen LogP contribution in [0, 0.1) is 0 Å². The Balaban J connectivity index is 2.63. The van der Waals surface area contributed by atoms with Gasteiger partial charge in [0.1, 0.15) is 0 Å². The number of aromatic nitrogens is 1. The van der Waals surface area contributed by atoms with Crippen molar-refractivity contribution in [1.29, 1.82) is 0 Å². The van der Waals surface area contributed by atoms with Crippen LogP contribution in [0.25, 0.3) is 0 Å². The molecular weight excluding hydrogens is 234 g/mol. The molecule has 0 aromatic carbocycles. The minimum Gasteiger partial charge on any atom is -0.481 e. The van der Waals surface area contributed by atoms with E-state index in [1.165, 1.54) is 6.20 Å². The number of urea groups is 1. The molecule has 0 unspecified atom stereocenters. The van der Waals surface area contributed by atoms with E-state index >= 15 is 0 Å². The number of hydrogen-bond donors (Lipinski definition) is 2. The van der Waals surface area contributed by atoms with Gasteiger partial charge in [-0.2, -0.15) is 0 Å². The van der Waals surface area contributed by atoms with E-state index in [2.05, 4.69) is 10.3 Å². The van der Waals surface area contributed by atoms with E-state index in [0.29, 0.717) is 24.5 Å². The van der Waals surface area contributed by atoms with Crippen molar-refractivity contribution in [2.45, 2.75) is 20.3 Å². The topological polar surface area (TPSA) is 82.5 Å². The summed E-state index contributed by atoms with van der Waals surface area (Å²) < 4.78 is 0. The predicted molar refractivity (Wildman–Crippen MR) is 67.5 cm³/mol. The van der Waals surface area contributed by atoms with Crippen molar-refractivity contribution < 1.29 is 14.7 Å². The molecule has 1 rings (SSSR count). The molecule has 0 saturated heterocycles. The Morgan fingerprint density at radius 2 is 2.00 bits per heavy atom. The number of carboxylic acids is 1. The third kappa shape index (κ3) is 4.04. The lowest BCUT2D eigenvalue weighted by Gasteiger charge is -2.19. The number of hydrogen-bond acceptors (Lipinski definition) is 3. The average molecular weight is 251 g/mol. The van der Waals surface area contributed by atoms with Crippen molar-refractivity contribution in [1.82, 2.24) is 9.88 Å². The number of pyridine rings is 1. The number of carbonyl (C=O) groups is 2. The maximum atomic E-state index is 11.7. The van der Waals surface area contributed by atoms with E-state index in [1.807, 2.05) is 13.8 Å². The van der Waals surface area contributed by atoms with Gasteiger partial charge < -0.3 is 15.3 Å². The summed E-state index contributed by atoms with van der Waals surface area (Å²) in [5.74, 6) is -0.928. The molecule has 0 spiro atoms. The van der Waals surface area contributed by atoms with E-state index in [9.17, 15) is 9.59 Å². The Labute approximate surface area is 106 Å². The molecule has 0 radical (unpaired) electrons. The van der Waals surface area contributed by atoms with Gasteiger partial charge in [-0.15, -0.1) is 0 Å². The molecule has 0 aliphatic heterocycles. The molecule has 0 saturated carbocycles. The second-order valence-corrected chi connectivity index (χ2v) is 3.71. The second-order valence-electron chi connectivity index (χ2n) is 3.71. The van der Waals surface area contributed by atoms with Gasteiger partial charge in [0.25, 0.3) is 0 Å². The standard InChI is InChI=1S/C12H17N3O3/c1-3-15(4-2)12(18)14-10-6-5-9(13-8-10)7-11(16)17/h5-6,8H,3-4,7H2,1-2H3,(H,14,18)(H,16,17). The van der Waals surface area contributed by atoms with Gasteiger partial charge in [0.2, 0.25) is 0 Å². The first-order valence-corrected chi connectivity index (χ1v) is 5.79. The average Bonchev–Trinajstić information content (AvgIpc) is 2.32. The maximum absolute atomic E-state index is 11.7. The van der Waals surface area contributed by atoms with Crippen LogP contribution in [0.15, 0.2) is 18.3 Å². The lowest BCUT2D eigenvalue weighted by Crippen LogP contribution is -2.34. The first-order chi connectivity index (χ1) is 8.56. The van der Waals surface area contributed by atoms with Crippen LogP contribution in [0.1, 0.15) is 19.5 Å². The third-order valence-electron chi connectivity index (χ3n) is 2.46. The Morgan fingerprint density at radius 3 is 2.44 bits per heavy atom. The molecule has 6 heteroatoms. The number of aliphatic carboxylic acids is 1. The summed E-state index contributed by atoms with van der Waals surface area (Å²) in [4.78, 5) is 27.8. The SMILES string of the molecule is CCN(CC)C(=O)Nc1ccc(CC(=O)O)nc1. The van der Waals surface area contributed by atoms with Crippen molar-refractivity contribution in [2.75, 3.05) is 18.4 Å². The Kier molecular flexibility index (Phi) is 5.10. The van der Waals surface area contributed by atoms with Gasteiger partial charge in [-0.3, -0.25) is 9.78 Å². The first kappa shape index (κ1) is 14.0. The van der Waals surface area contributed by atoms with Crippen molar-refractivity contribution >= 4 is 17.7 Å². The Bertz CT molecular complexity index is 413. The van der Waals surface area contributed by atoms with Gasteiger partial charge in [0.15, 0.2) is 0 Å². The summed E-state index contributed by atoms with van der Waals surface area (Å²) in [5.41, 5.74) is 1.02. The molecule has 0 fully saturated rings. The van der Waals surface area contributed by atoms with Gasteiger partial charge in [-0.05, 0) is 26.0 Å². The van der Waals surface area contributed by atoms with Crippen LogP contribution in [0.2, 0.25) is 0 Å². The van der Waals surface area contributed by atoms with Crippen molar-refractivity contribution in [3.8, 4) is 0 Å². The van der Waals surface area contributed by atoms with Gasteiger partial charge in [-0.1, -0.05) is 0 Å². The number of nitrogens with zero attached hydrogens (tertiary/aromatic N) is 2. The van der Waals surface area contributed by atoms with Gasteiger partial charge in [-0.25, -0.2) is 4.79 Å². The lowest BCUT2D eigenvalue weighted by atomic mass is 10.2. The molecule has 2 N–H and O–H groups in total. The number of carboxylic acid groups (broad SMARTS) is 1. The summed E-state index contributed by atoms with van der Waals surface area (Å²) in [7, 11) is 0. The third-order valence-corrected chi connectivity index (χ3v) is 2.46. The molecule has 98 valence electrons. The molecule has 0 aliphatic rings. The highest BCUT2D eigenvalue weighted by Gasteiger charge is 2.09. The van der Waals surface area contributed by atoms with E-state index in [-0.39, 0.29) is 12.5 Å². The largest absolute Gasteiger partial charge is 0.481 e. The van der Waals surface area contributed by atoms with E-state index in [4.69, 9.17) is 5.11 Å². The zero-order valence-corrected chi connectivity index (χ0v) is 10.5. The van der Waals surface area contributed by atoms with E-state index in [0.717, 1.165) is 0 Å². The van der Waals surface area contributed by atoms with Crippen LogP contribution in [0.3, 0.4) is 0 Å². The summed E-state index contributed by atoms with van der Waals surface area (Å²) >= 11 is 0.